The van der Waals surface area contributed by atoms with E-state index in [-0.39, 0.29) is 0 Å². The van der Waals surface area contributed by atoms with Gasteiger partial charge in [0.1, 0.15) is 5.75 Å². The number of rotatable bonds is 2. The van der Waals surface area contributed by atoms with Crippen molar-refractivity contribution in [1.82, 2.24) is 0 Å². The quantitative estimate of drug-likeness (QED) is 0.668. The van der Waals surface area contributed by atoms with Crippen LogP contribution in [0, 0.1) is 13.8 Å². The van der Waals surface area contributed by atoms with Crippen LogP contribution in [-0.2, 0) is 0 Å². The summed E-state index contributed by atoms with van der Waals surface area (Å²) in [5.74, 6) is 0.318. The van der Waals surface area contributed by atoms with Gasteiger partial charge in [-0.1, -0.05) is 60.7 Å². The van der Waals surface area contributed by atoms with E-state index >= 15 is 0 Å². The predicted molar refractivity (Wildman–Crippen MR) is 88.5 cm³/mol. The average Bonchev–Trinajstić information content (AvgIpc) is 2.51. The van der Waals surface area contributed by atoms with Gasteiger partial charge in [0.15, 0.2) is 0 Å². The highest BCUT2D eigenvalue weighted by Crippen LogP contribution is 2.39. The fourth-order valence-corrected chi connectivity index (χ4v) is 2.72. The number of para-hydroxylation sites is 1. The van der Waals surface area contributed by atoms with E-state index in [4.69, 9.17) is 0 Å². The molecule has 0 heterocycles. The fraction of sp³-hybridized carbons (Fsp3) is 0.100. The summed E-state index contributed by atoms with van der Waals surface area (Å²) in [5, 5.41) is 10.2. The molecule has 0 aliphatic heterocycles. The number of phenols is 1. The molecule has 21 heavy (non-hydrogen) atoms. The van der Waals surface area contributed by atoms with Crippen LogP contribution in [0.15, 0.2) is 66.7 Å². The van der Waals surface area contributed by atoms with Crippen LogP contribution in [0.3, 0.4) is 0 Å². The molecule has 0 spiro atoms. The molecule has 0 aliphatic carbocycles. The van der Waals surface area contributed by atoms with Crippen molar-refractivity contribution >= 4 is 0 Å². The molecule has 0 aliphatic rings. The molecule has 1 N–H and O–H groups in total. The zero-order valence-electron chi connectivity index (χ0n) is 12.3. The second-order valence-electron chi connectivity index (χ2n) is 5.31. The summed E-state index contributed by atoms with van der Waals surface area (Å²) < 4.78 is 0. The largest absolute Gasteiger partial charge is 0.507 e. The standard InChI is InChI=1S/C20H18O/c1-14-12-13-18(17-10-6-7-11-19(17)21)20(15(14)2)16-8-4-3-5-9-16/h3-13,21H,1-2H3. The zero-order chi connectivity index (χ0) is 14.8. The van der Waals surface area contributed by atoms with Gasteiger partial charge in [-0.3, -0.25) is 0 Å². The van der Waals surface area contributed by atoms with Crippen LogP contribution in [0.1, 0.15) is 11.1 Å². The van der Waals surface area contributed by atoms with Crippen molar-refractivity contribution in [2.45, 2.75) is 13.8 Å². The highest BCUT2D eigenvalue weighted by Gasteiger charge is 2.13. The highest BCUT2D eigenvalue weighted by atomic mass is 16.3. The molecule has 0 atom stereocenters. The Hall–Kier alpha value is -2.54. The molecular weight excluding hydrogens is 256 g/mol. The number of benzene rings is 3. The van der Waals surface area contributed by atoms with Gasteiger partial charge in [0.2, 0.25) is 0 Å². The normalized spacial score (nSPS) is 10.6. The van der Waals surface area contributed by atoms with Crippen molar-refractivity contribution in [3.05, 3.63) is 77.9 Å². The van der Waals surface area contributed by atoms with Gasteiger partial charge in [0, 0.05) is 5.56 Å². The van der Waals surface area contributed by atoms with E-state index in [9.17, 15) is 5.11 Å². The van der Waals surface area contributed by atoms with Gasteiger partial charge in [0.05, 0.1) is 0 Å². The summed E-state index contributed by atoms with van der Waals surface area (Å²) in [6.07, 6.45) is 0. The molecule has 0 saturated carbocycles. The number of aromatic hydroxyl groups is 1. The summed E-state index contributed by atoms with van der Waals surface area (Å²) in [6.45, 7) is 4.26. The van der Waals surface area contributed by atoms with Gasteiger partial charge in [-0.25, -0.2) is 0 Å². The van der Waals surface area contributed by atoms with Crippen LogP contribution in [0.25, 0.3) is 22.3 Å². The minimum absolute atomic E-state index is 0.318. The van der Waals surface area contributed by atoms with Crippen LogP contribution in [0.5, 0.6) is 5.75 Å². The summed E-state index contributed by atoms with van der Waals surface area (Å²) in [4.78, 5) is 0. The minimum atomic E-state index is 0.318. The van der Waals surface area contributed by atoms with E-state index < -0.39 is 0 Å². The third-order valence-corrected chi connectivity index (χ3v) is 3.99. The Balaban J connectivity index is 2.33. The van der Waals surface area contributed by atoms with E-state index in [2.05, 4.69) is 38.1 Å². The zero-order valence-corrected chi connectivity index (χ0v) is 12.3. The van der Waals surface area contributed by atoms with Gasteiger partial charge < -0.3 is 5.11 Å². The monoisotopic (exact) mass is 274 g/mol. The first kappa shape index (κ1) is 13.4. The lowest BCUT2D eigenvalue weighted by Crippen LogP contribution is -1.92. The molecule has 0 unspecified atom stereocenters. The first-order valence-electron chi connectivity index (χ1n) is 7.12. The van der Waals surface area contributed by atoms with Crippen LogP contribution < -0.4 is 0 Å². The SMILES string of the molecule is Cc1ccc(-c2ccccc2O)c(-c2ccccc2)c1C. The lowest BCUT2D eigenvalue weighted by atomic mass is 9.88. The van der Waals surface area contributed by atoms with Crippen LogP contribution >= 0.6 is 0 Å². The molecule has 3 aromatic carbocycles. The average molecular weight is 274 g/mol. The predicted octanol–water partition coefficient (Wildman–Crippen LogP) is 5.34. The maximum Gasteiger partial charge on any atom is 0.123 e. The lowest BCUT2D eigenvalue weighted by Gasteiger charge is -2.16. The van der Waals surface area contributed by atoms with Crippen LogP contribution in [-0.4, -0.2) is 5.11 Å². The third-order valence-electron chi connectivity index (χ3n) is 3.99. The molecule has 0 saturated heterocycles. The Morgan fingerprint density at radius 2 is 1.33 bits per heavy atom. The first-order valence-corrected chi connectivity index (χ1v) is 7.12. The molecule has 0 aromatic heterocycles. The van der Waals surface area contributed by atoms with Crippen LogP contribution in [0.2, 0.25) is 0 Å². The van der Waals surface area contributed by atoms with Crippen molar-refractivity contribution in [3.63, 3.8) is 0 Å². The Bertz CT molecular complexity index is 773. The number of hydrogen-bond donors (Lipinski definition) is 1. The van der Waals surface area contributed by atoms with Crippen molar-refractivity contribution < 1.29 is 5.11 Å². The molecule has 1 nitrogen and oxygen atoms in total. The number of hydrogen-bond acceptors (Lipinski definition) is 1. The Morgan fingerprint density at radius 3 is 2.05 bits per heavy atom. The summed E-state index contributed by atoms with van der Waals surface area (Å²) in [7, 11) is 0. The lowest BCUT2D eigenvalue weighted by molar-refractivity contribution is 0.477. The Kier molecular flexibility index (Phi) is 3.49. The summed E-state index contributed by atoms with van der Waals surface area (Å²) in [5.41, 5.74) is 6.82. The summed E-state index contributed by atoms with van der Waals surface area (Å²) in [6, 6.07) is 22.1. The van der Waals surface area contributed by atoms with E-state index in [1.165, 1.54) is 22.3 Å². The smallest absolute Gasteiger partial charge is 0.123 e. The van der Waals surface area contributed by atoms with Gasteiger partial charge >= 0.3 is 0 Å². The maximum atomic E-state index is 10.2. The molecule has 3 rings (SSSR count). The molecular formula is C20H18O. The minimum Gasteiger partial charge on any atom is -0.507 e. The van der Waals surface area contributed by atoms with Gasteiger partial charge in [0.25, 0.3) is 0 Å². The Morgan fingerprint density at radius 1 is 0.667 bits per heavy atom. The van der Waals surface area contributed by atoms with E-state index in [1.807, 2.05) is 36.4 Å². The topological polar surface area (TPSA) is 20.2 Å². The van der Waals surface area contributed by atoms with E-state index in [1.54, 1.807) is 6.07 Å². The molecule has 3 aromatic rings. The molecule has 1 heteroatoms. The van der Waals surface area contributed by atoms with Crippen molar-refractivity contribution in [1.29, 1.82) is 0 Å². The highest BCUT2D eigenvalue weighted by molar-refractivity contribution is 5.88. The van der Waals surface area contributed by atoms with Crippen molar-refractivity contribution in [2.24, 2.45) is 0 Å². The second kappa shape index (κ2) is 5.45. The van der Waals surface area contributed by atoms with Gasteiger partial charge in [-0.15, -0.1) is 0 Å². The molecule has 104 valence electrons. The van der Waals surface area contributed by atoms with Crippen molar-refractivity contribution in [3.8, 4) is 28.0 Å². The number of phenolic OH excluding ortho intramolecular Hbond substituents is 1. The number of aryl methyl sites for hydroxylation is 1. The molecule has 0 radical (unpaired) electrons. The second-order valence-corrected chi connectivity index (χ2v) is 5.31. The summed E-state index contributed by atoms with van der Waals surface area (Å²) >= 11 is 0. The van der Waals surface area contributed by atoms with E-state index in [0.29, 0.717) is 5.75 Å². The van der Waals surface area contributed by atoms with Crippen LogP contribution in [0.4, 0.5) is 0 Å². The van der Waals surface area contributed by atoms with Gasteiger partial charge in [-0.05, 0) is 47.7 Å². The third kappa shape index (κ3) is 2.43. The first-order chi connectivity index (χ1) is 10.2. The molecule has 0 fully saturated rings. The van der Waals surface area contributed by atoms with Gasteiger partial charge in [-0.2, -0.15) is 0 Å². The fourth-order valence-electron chi connectivity index (χ4n) is 2.72. The molecule has 0 bridgehead atoms. The maximum absolute atomic E-state index is 10.2. The van der Waals surface area contributed by atoms with E-state index in [0.717, 1.165) is 11.1 Å². The van der Waals surface area contributed by atoms with Crippen molar-refractivity contribution in [2.75, 3.05) is 0 Å². The Labute approximate surface area is 125 Å². The molecule has 0 amide bonds.